The van der Waals surface area contributed by atoms with E-state index in [1.54, 1.807) is 46.9 Å². The summed E-state index contributed by atoms with van der Waals surface area (Å²) >= 11 is 3.24. The van der Waals surface area contributed by atoms with Crippen molar-refractivity contribution in [1.29, 1.82) is 0 Å². The van der Waals surface area contributed by atoms with Gasteiger partial charge >= 0.3 is 0 Å². The summed E-state index contributed by atoms with van der Waals surface area (Å²) in [6.07, 6.45) is 0. The van der Waals surface area contributed by atoms with E-state index in [4.69, 9.17) is 14.2 Å². The average molecular weight is 482 g/mol. The summed E-state index contributed by atoms with van der Waals surface area (Å²) in [6, 6.07) is 14.4. The minimum Gasteiger partial charge on any atom is -0.457 e. The van der Waals surface area contributed by atoms with Crippen LogP contribution in [0.15, 0.2) is 69.9 Å². The summed E-state index contributed by atoms with van der Waals surface area (Å²) in [6.45, 7) is 3.99. The van der Waals surface area contributed by atoms with E-state index in [-0.39, 0.29) is 5.75 Å². The summed E-state index contributed by atoms with van der Waals surface area (Å²) in [4.78, 5) is 10.5. The van der Waals surface area contributed by atoms with Crippen LogP contribution in [0.25, 0.3) is 21.3 Å². The molecular weight excluding hydrogens is 464 g/mol. The molecule has 0 aliphatic rings. The van der Waals surface area contributed by atoms with E-state index in [0.29, 0.717) is 17.5 Å². The van der Waals surface area contributed by atoms with Gasteiger partial charge < -0.3 is 9.26 Å². The number of rotatable bonds is 6. The molecule has 0 spiro atoms. The van der Waals surface area contributed by atoms with Crippen molar-refractivity contribution < 1.29 is 18.0 Å². The fourth-order valence-corrected chi connectivity index (χ4v) is 4.93. The van der Waals surface area contributed by atoms with Crippen molar-refractivity contribution in [2.45, 2.75) is 19.3 Å². The van der Waals surface area contributed by atoms with Crippen LogP contribution in [0.4, 0.5) is 8.78 Å². The van der Waals surface area contributed by atoms with Crippen LogP contribution in [0.5, 0.6) is 11.5 Å². The van der Waals surface area contributed by atoms with Crippen LogP contribution in [0.3, 0.4) is 0 Å². The van der Waals surface area contributed by atoms with Crippen LogP contribution in [0, 0.1) is 11.6 Å². The SMILES string of the molecule is CC(C)(c1csc(-c2cccs2)n1)c1nc(-c2ccc(Oc3ccc(F)c(F)c3)cc2)no1. The van der Waals surface area contributed by atoms with E-state index in [9.17, 15) is 8.78 Å². The van der Waals surface area contributed by atoms with Crippen molar-refractivity contribution in [3.8, 4) is 32.8 Å². The highest BCUT2D eigenvalue weighted by Gasteiger charge is 2.33. The molecule has 0 saturated carbocycles. The van der Waals surface area contributed by atoms with Gasteiger partial charge in [-0.3, -0.25) is 0 Å². The van der Waals surface area contributed by atoms with Gasteiger partial charge in [-0.15, -0.1) is 22.7 Å². The number of nitrogens with zero attached hydrogens (tertiary/aromatic N) is 3. The first-order valence-corrected chi connectivity index (χ1v) is 11.7. The van der Waals surface area contributed by atoms with Crippen LogP contribution >= 0.6 is 22.7 Å². The molecule has 5 nitrogen and oxygen atoms in total. The predicted molar refractivity (Wildman–Crippen MR) is 124 cm³/mol. The molecule has 0 fully saturated rings. The summed E-state index contributed by atoms with van der Waals surface area (Å²) in [5, 5.41) is 9.14. The third-order valence-electron chi connectivity index (χ3n) is 5.08. The van der Waals surface area contributed by atoms with E-state index in [0.717, 1.165) is 33.3 Å². The lowest BCUT2D eigenvalue weighted by molar-refractivity contribution is 0.330. The van der Waals surface area contributed by atoms with Gasteiger partial charge in [-0.05, 0) is 61.7 Å². The zero-order valence-electron chi connectivity index (χ0n) is 17.6. The number of benzene rings is 2. The van der Waals surface area contributed by atoms with Gasteiger partial charge in [-0.2, -0.15) is 4.98 Å². The Labute approximate surface area is 196 Å². The Morgan fingerprint density at radius 2 is 1.70 bits per heavy atom. The molecule has 0 unspecified atom stereocenters. The van der Waals surface area contributed by atoms with Gasteiger partial charge in [0.2, 0.25) is 11.7 Å². The number of halogens is 2. The molecule has 3 heterocycles. The fraction of sp³-hybridized carbons (Fsp3) is 0.125. The van der Waals surface area contributed by atoms with Gasteiger partial charge in [0.15, 0.2) is 11.6 Å². The number of thiophene rings is 1. The zero-order chi connectivity index (χ0) is 23.0. The van der Waals surface area contributed by atoms with Gasteiger partial charge in [0, 0.05) is 17.0 Å². The summed E-state index contributed by atoms with van der Waals surface area (Å²) in [7, 11) is 0. The van der Waals surface area contributed by atoms with E-state index in [1.165, 1.54) is 6.07 Å². The normalized spacial score (nSPS) is 11.6. The largest absolute Gasteiger partial charge is 0.457 e. The molecule has 9 heteroatoms. The van der Waals surface area contributed by atoms with Gasteiger partial charge in [-0.25, -0.2) is 13.8 Å². The molecule has 166 valence electrons. The molecule has 0 aliphatic carbocycles. The molecule has 0 aliphatic heterocycles. The lowest BCUT2D eigenvalue weighted by Gasteiger charge is -2.16. The molecule has 0 atom stereocenters. The quantitative estimate of drug-likeness (QED) is 0.254. The smallest absolute Gasteiger partial charge is 0.238 e. The average Bonchev–Trinajstić information content (AvgIpc) is 3.57. The highest BCUT2D eigenvalue weighted by Crippen LogP contribution is 2.36. The first-order valence-electron chi connectivity index (χ1n) is 9.97. The Morgan fingerprint density at radius 1 is 0.909 bits per heavy atom. The summed E-state index contributed by atoms with van der Waals surface area (Å²) in [5.74, 6) is -0.316. The molecule has 0 amide bonds. The molecule has 0 saturated heterocycles. The lowest BCUT2D eigenvalue weighted by atomic mass is 9.90. The molecule has 0 radical (unpaired) electrons. The van der Waals surface area contributed by atoms with Gasteiger partial charge in [0.05, 0.1) is 16.0 Å². The number of hydrogen-bond acceptors (Lipinski definition) is 7. The molecule has 0 N–H and O–H groups in total. The van der Waals surface area contributed by atoms with Crippen molar-refractivity contribution in [3.05, 3.63) is 88.6 Å². The third kappa shape index (κ3) is 4.29. The zero-order valence-corrected chi connectivity index (χ0v) is 19.2. The van der Waals surface area contributed by atoms with Crippen LogP contribution < -0.4 is 4.74 Å². The maximum Gasteiger partial charge on any atom is 0.238 e. The number of hydrogen-bond donors (Lipinski definition) is 0. The van der Waals surface area contributed by atoms with E-state index in [2.05, 4.69) is 10.1 Å². The standard InChI is InChI=1S/C24H17F2N3O2S2/c1-24(2,20-13-33-22(27-20)19-4-3-11-32-19)23-28-21(29-31-23)14-5-7-15(8-6-14)30-16-9-10-17(25)18(26)12-16/h3-13H,1-2H3. The molecule has 5 aromatic rings. The predicted octanol–water partition coefficient (Wildman–Crippen LogP) is 7.32. The number of thiazole rings is 1. The first kappa shape index (κ1) is 21.4. The molecule has 3 aromatic heterocycles. The van der Waals surface area contributed by atoms with Gasteiger partial charge in [0.1, 0.15) is 16.5 Å². The van der Waals surface area contributed by atoms with Crippen molar-refractivity contribution >= 4 is 22.7 Å². The fourth-order valence-electron chi connectivity index (χ4n) is 3.13. The maximum atomic E-state index is 13.4. The Kier molecular flexibility index (Phi) is 5.51. The van der Waals surface area contributed by atoms with Crippen LogP contribution in [-0.4, -0.2) is 15.1 Å². The first-order chi connectivity index (χ1) is 15.9. The summed E-state index contributed by atoms with van der Waals surface area (Å²) < 4.78 is 37.6. The summed E-state index contributed by atoms with van der Waals surface area (Å²) in [5.41, 5.74) is 1.03. The van der Waals surface area contributed by atoms with E-state index >= 15 is 0 Å². The minimum absolute atomic E-state index is 0.204. The van der Waals surface area contributed by atoms with Gasteiger partial charge in [-0.1, -0.05) is 11.2 Å². The highest BCUT2D eigenvalue weighted by molar-refractivity contribution is 7.20. The second kappa shape index (κ2) is 8.49. The Morgan fingerprint density at radius 3 is 2.42 bits per heavy atom. The molecule has 5 rings (SSSR count). The molecule has 0 bridgehead atoms. The topological polar surface area (TPSA) is 61.0 Å². The second-order valence-corrected chi connectivity index (χ2v) is 9.57. The Balaban J connectivity index is 1.34. The Hall–Kier alpha value is -3.43. The second-order valence-electron chi connectivity index (χ2n) is 7.77. The number of ether oxygens (including phenoxy) is 1. The molecule has 2 aromatic carbocycles. The van der Waals surface area contributed by atoms with Crippen molar-refractivity contribution in [2.24, 2.45) is 0 Å². The van der Waals surface area contributed by atoms with Crippen LogP contribution in [0.2, 0.25) is 0 Å². The Bertz CT molecular complexity index is 1390. The van der Waals surface area contributed by atoms with Crippen LogP contribution in [0.1, 0.15) is 25.4 Å². The van der Waals surface area contributed by atoms with Crippen molar-refractivity contribution in [2.75, 3.05) is 0 Å². The third-order valence-corrected chi connectivity index (χ3v) is 6.96. The maximum absolute atomic E-state index is 13.4. The lowest BCUT2D eigenvalue weighted by Crippen LogP contribution is -2.20. The monoisotopic (exact) mass is 481 g/mol. The molecular formula is C24H17F2N3O2S2. The van der Waals surface area contributed by atoms with Crippen molar-refractivity contribution in [1.82, 2.24) is 15.1 Å². The van der Waals surface area contributed by atoms with Crippen molar-refractivity contribution in [3.63, 3.8) is 0 Å². The van der Waals surface area contributed by atoms with Crippen LogP contribution in [-0.2, 0) is 5.41 Å². The van der Waals surface area contributed by atoms with E-state index in [1.807, 2.05) is 36.7 Å². The minimum atomic E-state index is -0.964. The molecule has 33 heavy (non-hydrogen) atoms. The van der Waals surface area contributed by atoms with Gasteiger partial charge in [0.25, 0.3) is 0 Å². The van der Waals surface area contributed by atoms with E-state index < -0.39 is 17.0 Å². The highest BCUT2D eigenvalue weighted by atomic mass is 32.1. The number of aromatic nitrogens is 3.